The van der Waals surface area contributed by atoms with E-state index in [-0.39, 0.29) is 26.9 Å². The van der Waals surface area contributed by atoms with Crippen molar-refractivity contribution < 1.29 is 24.1 Å². The molecule has 3 aliphatic rings. The molecular formula is C24H12Cl7N3O6. The van der Waals surface area contributed by atoms with E-state index < -0.39 is 60.9 Å². The van der Waals surface area contributed by atoms with Gasteiger partial charge in [-0.15, -0.1) is 23.2 Å². The molecule has 5 rings (SSSR count). The molecule has 208 valence electrons. The zero-order chi connectivity index (χ0) is 29.5. The number of hydrogen-bond acceptors (Lipinski definition) is 6. The molecule has 1 saturated carbocycles. The van der Waals surface area contributed by atoms with Crippen LogP contribution in [0.3, 0.4) is 0 Å². The molecule has 2 fully saturated rings. The third-order valence-corrected chi connectivity index (χ3v) is 11.7. The zero-order valence-corrected chi connectivity index (χ0v) is 24.7. The van der Waals surface area contributed by atoms with Crippen LogP contribution in [0.25, 0.3) is 0 Å². The van der Waals surface area contributed by atoms with Crippen LogP contribution in [0.4, 0.5) is 5.69 Å². The van der Waals surface area contributed by atoms with Gasteiger partial charge in [0.25, 0.3) is 23.4 Å². The van der Waals surface area contributed by atoms with Gasteiger partial charge < -0.3 is 0 Å². The van der Waals surface area contributed by atoms with Crippen LogP contribution in [0.2, 0.25) is 5.02 Å². The highest BCUT2D eigenvalue weighted by Crippen LogP contribution is 2.77. The number of hydrazine groups is 1. The maximum atomic E-state index is 13.9. The minimum absolute atomic E-state index is 0.0269. The number of alkyl halides is 4. The average Bonchev–Trinajstić information content (AvgIpc) is 3.30. The second-order valence-electron chi connectivity index (χ2n) is 9.17. The van der Waals surface area contributed by atoms with Crippen molar-refractivity contribution in [1.82, 2.24) is 10.0 Å². The van der Waals surface area contributed by atoms with Crippen molar-refractivity contribution in [3.63, 3.8) is 0 Å². The van der Waals surface area contributed by atoms with Crippen LogP contribution in [-0.2, 0) is 9.59 Å². The molecule has 2 aromatic rings. The fourth-order valence-electron chi connectivity index (χ4n) is 5.19. The molecule has 2 aromatic carbocycles. The van der Waals surface area contributed by atoms with E-state index in [0.29, 0.717) is 15.0 Å². The Hall–Kier alpha value is -2.11. The summed E-state index contributed by atoms with van der Waals surface area (Å²) in [6.45, 7) is -0.831. The molecule has 1 aliphatic heterocycles. The maximum absolute atomic E-state index is 13.9. The predicted molar refractivity (Wildman–Crippen MR) is 149 cm³/mol. The van der Waals surface area contributed by atoms with Crippen LogP contribution in [0.1, 0.15) is 20.7 Å². The third-order valence-electron chi connectivity index (χ3n) is 7.15. The number of hydrogen-bond donors (Lipinski definition) is 0. The first-order valence-corrected chi connectivity index (χ1v) is 13.8. The standard InChI is InChI=1S/C24H12Cl7N3O6/c25-12-5-1-11(2-6-12)19(36)32(9-14(35)10-3-7-13(8-4-10)34(39)40)33-20(37)15-16(21(33)38)23(29)18(27)17(26)22(15,28)24(23,30)31/h1-8,15-16H,9H2/t15-,16-,22+,23+/m0/s1. The van der Waals surface area contributed by atoms with E-state index >= 15 is 0 Å². The van der Waals surface area contributed by atoms with E-state index in [9.17, 15) is 29.3 Å². The number of nitrogens with zero attached hydrogens (tertiary/aromatic N) is 3. The quantitative estimate of drug-likeness (QED) is 0.122. The molecule has 16 heteroatoms. The van der Waals surface area contributed by atoms with E-state index in [2.05, 4.69) is 0 Å². The Kier molecular flexibility index (Phi) is 7.15. The minimum Gasteiger partial charge on any atom is -0.292 e. The number of carbonyl (C=O) groups is 4. The monoisotopic (exact) mass is 683 g/mol. The van der Waals surface area contributed by atoms with E-state index in [1.54, 1.807) is 0 Å². The Labute approximate surface area is 260 Å². The van der Waals surface area contributed by atoms with Gasteiger partial charge in [-0.25, -0.2) is 5.01 Å². The number of rotatable bonds is 6. The number of allylic oxidation sites excluding steroid dienone is 2. The lowest BCUT2D eigenvalue weighted by molar-refractivity contribution is -0.384. The number of imide groups is 1. The van der Waals surface area contributed by atoms with Gasteiger partial charge in [0, 0.05) is 28.3 Å². The summed E-state index contributed by atoms with van der Waals surface area (Å²) in [5.41, 5.74) is -0.332. The summed E-state index contributed by atoms with van der Waals surface area (Å²) in [7, 11) is 0. The number of amides is 3. The van der Waals surface area contributed by atoms with Gasteiger partial charge >= 0.3 is 0 Å². The lowest BCUT2D eigenvalue weighted by Gasteiger charge is -2.36. The van der Waals surface area contributed by atoms with E-state index in [0.717, 1.165) is 12.1 Å². The molecule has 40 heavy (non-hydrogen) atoms. The molecule has 1 saturated heterocycles. The average molecular weight is 687 g/mol. The molecule has 0 aromatic heterocycles. The number of ketones is 1. The topological polar surface area (TPSA) is 118 Å². The molecule has 0 N–H and O–H groups in total. The fourth-order valence-corrected chi connectivity index (χ4v) is 8.24. The predicted octanol–water partition coefficient (Wildman–Crippen LogP) is 5.94. The summed E-state index contributed by atoms with van der Waals surface area (Å²) >= 11 is 45.1. The highest BCUT2D eigenvalue weighted by molar-refractivity contribution is 6.66. The molecular weight excluding hydrogens is 674 g/mol. The third kappa shape index (κ3) is 3.75. The number of carbonyl (C=O) groups excluding carboxylic acids is 4. The number of Topliss-reactive ketones (excluding diaryl/α,β-unsaturated/α-hetero) is 1. The van der Waals surface area contributed by atoms with Crippen molar-refractivity contribution in [1.29, 1.82) is 0 Å². The molecule has 0 unspecified atom stereocenters. The lowest BCUT2D eigenvalue weighted by atomic mass is 9.84. The normalized spacial score (nSPS) is 28.2. The van der Waals surface area contributed by atoms with E-state index in [1.807, 2.05) is 0 Å². The largest absolute Gasteiger partial charge is 0.292 e. The second kappa shape index (κ2) is 9.73. The van der Waals surface area contributed by atoms with Gasteiger partial charge in [0.2, 0.25) is 0 Å². The Bertz CT molecular complexity index is 1500. The first kappa shape index (κ1) is 29.4. The smallest absolute Gasteiger partial charge is 0.273 e. The molecule has 2 bridgehead atoms. The number of halogens is 7. The molecule has 1 heterocycles. The van der Waals surface area contributed by atoms with E-state index in [4.69, 9.17) is 81.2 Å². The Morgan fingerprint density at radius 1 is 0.825 bits per heavy atom. The number of benzene rings is 2. The highest BCUT2D eigenvalue weighted by atomic mass is 35.5. The van der Waals surface area contributed by atoms with Gasteiger partial charge in [-0.05, 0) is 36.4 Å². The molecule has 9 nitrogen and oxygen atoms in total. The van der Waals surface area contributed by atoms with Crippen LogP contribution in [-0.4, -0.2) is 59.1 Å². The molecule has 2 aliphatic carbocycles. The molecule has 0 spiro atoms. The molecule has 0 radical (unpaired) electrons. The number of nitro benzene ring substituents is 1. The fraction of sp³-hybridized carbons (Fsp3) is 0.250. The SMILES string of the molecule is O=C(CN(C(=O)c1ccc(Cl)cc1)N1C(=O)[C@@H]2[C@@H](C1=O)[C@@]1(Cl)C(Cl)=C(Cl)[C@@]2(Cl)C1(Cl)Cl)c1ccc([N+](=O)[O-])cc1. The lowest BCUT2D eigenvalue weighted by Crippen LogP contribution is -2.56. The summed E-state index contributed by atoms with van der Waals surface area (Å²) in [6.07, 6.45) is 0. The first-order chi connectivity index (χ1) is 18.6. The second-order valence-corrected chi connectivity index (χ2v) is 12.9. The zero-order valence-electron chi connectivity index (χ0n) is 19.4. The molecule has 3 amide bonds. The Balaban J connectivity index is 1.57. The van der Waals surface area contributed by atoms with Crippen LogP contribution < -0.4 is 0 Å². The van der Waals surface area contributed by atoms with Crippen molar-refractivity contribution in [2.45, 2.75) is 14.1 Å². The summed E-state index contributed by atoms with van der Waals surface area (Å²) in [6, 6.07) is 9.99. The summed E-state index contributed by atoms with van der Waals surface area (Å²) in [4.78, 5) is 60.7. The van der Waals surface area contributed by atoms with Crippen molar-refractivity contribution >= 4 is 110 Å². The Morgan fingerprint density at radius 3 is 1.73 bits per heavy atom. The van der Waals surface area contributed by atoms with Crippen LogP contribution >= 0.6 is 81.2 Å². The highest BCUT2D eigenvalue weighted by Gasteiger charge is 2.88. The summed E-state index contributed by atoms with van der Waals surface area (Å²) in [5, 5.41) is 11.7. The van der Waals surface area contributed by atoms with Crippen molar-refractivity contribution in [2.24, 2.45) is 11.8 Å². The van der Waals surface area contributed by atoms with E-state index in [1.165, 1.54) is 36.4 Å². The van der Waals surface area contributed by atoms with Gasteiger partial charge in [-0.2, -0.15) is 5.01 Å². The number of fused-ring (bicyclic) bond motifs is 5. The van der Waals surface area contributed by atoms with Gasteiger partial charge in [-0.3, -0.25) is 29.3 Å². The first-order valence-electron chi connectivity index (χ1n) is 11.1. The minimum atomic E-state index is -2.19. The Morgan fingerprint density at radius 2 is 1.27 bits per heavy atom. The summed E-state index contributed by atoms with van der Waals surface area (Å²) < 4.78 is -2.19. The number of nitro groups is 1. The van der Waals surface area contributed by atoms with Crippen molar-refractivity contribution in [3.05, 3.63) is 84.9 Å². The summed E-state index contributed by atoms with van der Waals surface area (Å²) in [5.74, 6) is -6.85. The molecule has 4 atom stereocenters. The van der Waals surface area contributed by atoms with Gasteiger partial charge in [0.15, 0.2) is 10.1 Å². The van der Waals surface area contributed by atoms with Gasteiger partial charge in [0.1, 0.15) is 16.3 Å². The van der Waals surface area contributed by atoms with Gasteiger partial charge in [-0.1, -0.05) is 58.0 Å². The van der Waals surface area contributed by atoms with Crippen molar-refractivity contribution in [2.75, 3.05) is 6.54 Å². The van der Waals surface area contributed by atoms with Crippen LogP contribution in [0.15, 0.2) is 58.6 Å². The van der Waals surface area contributed by atoms with Gasteiger partial charge in [0.05, 0.1) is 26.8 Å². The number of non-ortho nitro benzene ring substituents is 1. The van der Waals surface area contributed by atoms with Crippen LogP contribution in [0, 0.1) is 22.0 Å². The maximum Gasteiger partial charge on any atom is 0.273 e. The van der Waals surface area contributed by atoms with Crippen LogP contribution in [0.5, 0.6) is 0 Å². The van der Waals surface area contributed by atoms with Crippen molar-refractivity contribution in [3.8, 4) is 0 Å².